The lowest BCUT2D eigenvalue weighted by atomic mass is 10.1. The van der Waals surface area contributed by atoms with Crippen molar-refractivity contribution in [3.05, 3.63) is 53.6 Å². The molecule has 0 amide bonds. The molecule has 1 aliphatic rings. The van der Waals surface area contributed by atoms with Crippen molar-refractivity contribution in [2.24, 2.45) is 0 Å². The molecular formula is C16H16ClFN2O3S. The van der Waals surface area contributed by atoms with Crippen LogP contribution in [0.4, 0.5) is 4.39 Å². The molecule has 1 fully saturated rings. The lowest BCUT2D eigenvalue weighted by Gasteiger charge is -2.32. The van der Waals surface area contributed by atoms with Crippen LogP contribution in [0.1, 0.15) is 12.8 Å². The molecule has 0 radical (unpaired) electrons. The average Bonchev–Trinajstić information content (AvgIpc) is 2.58. The fourth-order valence-corrected chi connectivity index (χ4v) is 4.40. The fraction of sp³-hybridized carbons (Fsp3) is 0.312. The van der Waals surface area contributed by atoms with E-state index in [1.807, 2.05) is 0 Å². The van der Waals surface area contributed by atoms with Crippen molar-refractivity contribution in [1.82, 2.24) is 9.29 Å². The Kier molecular flexibility index (Phi) is 5.03. The summed E-state index contributed by atoms with van der Waals surface area (Å²) in [5.74, 6) is 0.00670. The summed E-state index contributed by atoms with van der Waals surface area (Å²) >= 11 is 5.71. The van der Waals surface area contributed by atoms with Gasteiger partial charge in [0.15, 0.2) is 0 Å². The molecule has 1 aliphatic heterocycles. The number of ether oxygens (including phenoxy) is 1. The largest absolute Gasteiger partial charge is 0.489 e. The number of aromatic nitrogens is 1. The lowest BCUT2D eigenvalue weighted by Crippen LogP contribution is -2.44. The van der Waals surface area contributed by atoms with Crippen LogP contribution in [-0.4, -0.2) is 36.9 Å². The molecular weight excluding hydrogens is 355 g/mol. The van der Waals surface area contributed by atoms with Crippen molar-refractivity contribution >= 4 is 21.6 Å². The predicted molar refractivity (Wildman–Crippen MR) is 88.1 cm³/mol. The van der Waals surface area contributed by atoms with Gasteiger partial charge in [-0.15, -0.1) is 0 Å². The number of pyridine rings is 1. The normalized spacial score (nSPS) is 19.2. The molecule has 8 heteroatoms. The van der Waals surface area contributed by atoms with Crippen molar-refractivity contribution in [1.29, 1.82) is 0 Å². The molecule has 0 saturated carbocycles. The third kappa shape index (κ3) is 3.68. The number of rotatable bonds is 4. The Morgan fingerprint density at radius 1 is 1.25 bits per heavy atom. The molecule has 3 rings (SSSR count). The summed E-state index contributed by atoms with van der Waals surface area (Å²) in [6.07, 6.45) is 4.44. The number of hydrogen-bond acceptors (Lipinski definition) is 4. The third-order valence-electron chi connectivity index (χ3n) is 3.82. The summed E-state index contributed by atoms with van der Waals surface area (Å²) in [6.45, 7) is 0.632. The summed E-state index contributed by atoms with van der Waals surface area (Å²) in [7, 11) is -3.74. The van der Waals surface area contributed by atoms with E-state index in [0.29, 0.717) is 18.7 Å². The Morgan fingerprint density at radius 3 is 2.71 bits per heavy atom. The van der Waals surface area contributed by atoms with Gasteiger partial charge in [0.05, 0.1) is 16.5 Å². The molecule has 1 aromatic carbocycles. The molecule has 1 aromatic heterocycles. The van der Waals surface area contributed by atoms with E-state index >= 15 is 0 Å². The van der Waals surface area contributed by atoms with Crippen LogP contribution >= 0.6 is 11.6 Å². The van der Waals surface area contributed by atoms with Crippen molar-refractivity contribution in [2.75, 3.05) is 13.1 Å². The molecule has 24 heavy (non-hydrogen) atoms. The molecule has 0 N–H and O–H groups in total. The van der Waals surface area contributed by atoms with Gasteiger partial charge in [-0.1, -0.05) is 11.6 Å². The Bertz CT molecular complexity index is 817. The van der Waals surface area contributed by atoms with Gasteiger partial charge in [-0.05, 0) is 43.2 Å². The van der Waals surface area contributed by atoms with Crippen molar-refractivity contribution in [2.45, 2.75) is 23.8 Å². The van der Waals surface area contributed by atoms with Gasteiger partial charge in [0.1, 0.15) is 17.7 Å². The van der Waals surface area contributed by atoms with E-state index in [4.69, 9.17) is 16.3 Å². The van der Waals surface area contributed by atoms with Gasteiger partial charge in [-0.2, -0.15) is 4.31 Å². The van der Waals surface area contributed by atoms with Crippen LogP contribution in [0.3, 0.4) is 0 Å². The van der Waals surface area contributed by atoms with Crippen molar-refractivity contribution in [3.63, 3.8) is 0 Å². The van der Waals surface area contributed by atoms with Crippen LogP contribution in [0.2, 0.25) is 5.02 Å². The SMILES string of the molecule is O=S(=O)(c1ccc(F)c(Cl)c1)N1CCC[C@@H](Oc2ccncc2)C1. The molecule has 0 spiro atoms. The van der Waals surface area contributed by atoms with E-state index < -0.39 is 15.8 Å². The Balaban J connectivity index is 1.77. The third-order valence-corrected chi connectivity index (χ3v) is 5.97. The first-order chi connectivity index (χ1) is 11.5. The second-order valence-corrected chi connectivity index (χ2v) is 7.85. The summed E-state index contributed by atoms with van der Waals surface area (Å²) in [5, 5.41) is -0.210. The molecule has 0 unspecified atom stereocenters. The standard InChI is InChI=1S/C16H16ClFN2O3S/c17-15-10-14(3-4-16(15)18)24(21,22)20-9-1-2-13(11-20)23-12-5-7-19-8-6-12/h3-8,10,13H,1-2,9,11H2/t13-/m1/s1. The minimum Gasteiger partial charge on any atom is -0.489 e. The van der Waals surface area contributed by atoms with Crippen LogP contribution in [0.25, 0.3) is 0 Å². The zero-order chi connectivity index (χ0) is 17.2. The summed E-state index contributed by atoms with van der Waals surface area (Å²) < 4.78 is 45.9. The van der Waals surface area contributed by atoms with E-state index in [1.165, 1.54) is 10.4 Å². The zero-order valence-corrected chi connectivity index (χ0v) is 14.3. The van der Waals surface area contributed by atoms with Crippen molar-refractivity contribution in [3.8, 4) is 5.75 Å². The van der Waals surface area contributed by atoms with Gasteiger partial charge in [0, 0.05) is 18.9 Å². The van der Waals surface area contributed by atoms with Gasteiger partial charge in [-0.25, -0.2) is 12.8 Å². The number of sulfonamides is 1. The maximum atomic E-state index is 13.3. The highest BCUT2D eigenvalue weighted by Gasteiger charge is 2.31. The molecule has 1 atom stereocenters. The van der Waals surface area contributed by atoms with Gasteiger partial charge in [0.2, 0.25) is 10.0 Å². The number of halogens is 2. The van der Waals surface area contributed by atoms with Gasteiger partial charge < -0.3 is 4.74 Å². The molecule has 2 aromatic rings. The number of hydrogen-bond donors (Lipinski definition) is 0. The van der Waals surface area contributed by atoms with Crippen LogP contribution < -0.4 is 4.74 Å². The predicted octanol–water partition coefficient (Wildman–Crippen LogP) is 3.11. The van der Waals surface area contributed by atoms with E-state index in [9.17, 15) is 12.8 Å². The summed E-state index contributed by atoms with van der Waals surface area (Å²) in [6, 6.07) is 6.88. The van der Waals surface area contributed by atoms with Gasteiger partial charge >= 0.3 is 0 Å². The fourth-order valence-electron chi connectivity index (χ4n) is 2.62. The van der Waals surface area contributed by atoms with Crippen molar-refractivity contribution < 1.29 is 17.5 Å². The lowest BCUT2D eigenvalue weighted by molar-refractivity contribution is 0.129. The highest BCUT2D eigenvalue weighted by molar-refractivity contribution is 7.89. The van der Waals surface area contributed by atoms with Crippen LogP contribution in [0, 0.1) is 5.82 Å². The first-order valence-corrected chi connectivity index (χ1v) is 9.30. The monoisotopic (exact) mass is 370 g/mol. The zero-order valence-electron chi connectivity index (χ0n) is 12.7. The van der Waals surface area contributed by atoms with E-state index in [-0.39, 0.29) is 22.6 Å². The van der Waals surface area contributed by atoms with Gasteiger partial charge in [-0.3, -0.25) is 4.98 Å². The first-order valence-electron chi connectivity index (χ1n) is 7.49. The molecule has 128 valence electrons. The molecule has 2 heterocycles. The van der Waals surface area contributed by atoms with E-state index in [1.54, 1.807) is 24.5 Å². The molecule has 0 bridgehead atoms. The van der Waals surface area contributed by atoms with E-state index in [0.717, 1.165) is 18.6 Å². The summed E-state index contributed by atoms with van der Waals surface area (Å²) in [4.78, 5) is 3.90. The Morgan fingerprint density at radius 2 is 2.00 bits per heavy atom. The average molecular weight is 371 g/mol. The quantitative estimate of drug-likeness (QED) is 0.829. The topological polar surface area (TPSA) is 59.5 Å². The Hall–Kier alpha value is -1.70. The summed E-state index contributed by atoms with van der Waals surface area (Å²) in [5.41, 5.74) is 0. The van der Waals surface area contributed by atoms with E-state index in [2.05, 4.69) is 4.98 Å². The number of nitrogens with zero attached hydrogens (tertiary/aromatic N) is 2. The molecule has 5 nitrogen and oxygen atoms in total. The van der Waals surface area contributed by atoms with Crippen LogP contribution in [0.5, 0.6) is 5.75 Å². The highest BCUT2D eigenvalue weighted by atomic mass is 35.5. The number of benzene rings is 1. The highest BCUT2D eigenvalue weighted by Crippen LogP contribution is 2.26. The minimum absolute atomic E-state index is 0.0153. The minimum atomic E-state index is -3.74. The maximum Gasteiger partial charge on any atom is 0.243 e. The molecule has 0 aliphatic carbocycles. The van der Waals surface area contributed by atoms with Gasteiger partial charge in [0.25, 0.3) is 0 Å². The molecule has 1 saturated heterocycles. The van der Waals surface area contributed by atoms with Crippen LogP contribution in [0.15, 0.2) is 47.6 Å². The Labute approximate surface area is 145 Å². The second-order valence-electron chi connectivity index (χ2n) is 5.50. The maximum absolute atomic E-state index is 13.3. The first kappa shape index (κ1) is 17.1. The second kappa shape index (κ2) is 7.04. The number of piperidine rings is 1. The smallest absolute Gasteiger partial charge is 0.243 e. The van der Waals surface area contributed by atoms with Crippen LogP contribution in [-0.2, 0) is 10.0 Å².